The number of aromatic nitrogens is 1. The van der Waals surface area contributed by atoms with Crippen LogP contribution in [0.4, 0.5) is 24.5 Å². The molecule has 192 valence electrons. The molecule has 2 aromatic carbocycles. The first-order valence-corrected chi connectivity index (χ1v) is 11.5. The van der Waals surface area contributed by atoms with E-state index in [1.165, 1.54) is 11.3 Å². The normalized spacial score (nSPS) is 10.8. The number of pyridine rings is 1. The molecule has 37 heavy (non-hydrogen) atoms. The number of carboxylic acids is 2. The van der Waals surface area contributed by atoms with Gasteiger partial charge in [-0.3, -0.25) is 14.6 Å². The molecule has 0 unspecified atom stereocenters. The number of fused-ring (bicyclic) bond motifs is 1. The summed E-state index contributed by atoms with van der Waals surface area (Å²) in [5.74, 6) is -3.98. The van der Waals surface area contributed by atoms with E-state index in [4.69, 9.17) is 15.0 Å². The second kappa shape index (κ2) is 12.0. The molecule has 0 saturated carbocycles. The van der Waals surface area contributed by atoms with E-state index in [-0.39, 0.29) is 18.9 Å². The molecule has 4 rings (SSSR count). The van der Waals surface area contributed by atoms with Gasteiger partial charge in [0.2, 0.25) is 0 Å². The molecular formula is C25H20F3N3O5S. The lowest BCUT2D eigenvalue weighted by Crippen LogP contribution is -2.25. The minimum Gasteiger partial charge on any atom is -0.481 e. The van der Waals surface area contributed by atoms with E-state index in [1.54, 1.807) is 18.5 Å². The summed E-state index contributed by atoms with van der Waals surface area (Å²) in [4.78, 5) is 36.6. The Morgan fingerprint density at radius 1 is 0.919 bits per heavy atom. The van der Waals surface area contributed by atoms with Crippen LogP contribution in [0.5, 0.6) is 0 Å². The minimum absolute atomic E-state index is 0.0968. The molecule has 0 aliphatic heterocycles. The predicted molar refractivity (Wildman–Crippen MR) is 133 cm³/mol. The third-order valence-corrected chi connectivity index (χ3v) is 5.88. The van der Waals surface area contributed by atoms with Crippen LogP contribution in [-0.4, -0.2) is 45.8 Å². The van der Waals surface area contributed by atoms with Crippen LogP contribution >= 0.6 is 11.3 Å². The second-order valence-electron chi connectivity index (χ2n) is 7.48. The van der Waals surface area contributed by atoms with Gasteiger partial charge in [0.1, 0.15) is 0 Å². The van der Waals surface area contributed by atoms with Crippen molar-refractivity contribution < 1.29 is 37.8 Å². The molecule has 0 bridgehead atoms. The highest BCUT2D eigenvalue weighted by Gasteiger charge is 2.38. The van der Waals surface area contributed by atoms with Gasteiger partial charge < -0.3 is 20.8 Å². The number of nitrogens with one attached hydrogen (secondary N) is 2. The molecule has 2 heterocycles. The zero-order valence-electron chi connectivity index (χ0n) is 19.0. The third-order valence-electron chi connectivity index (χ3n) is 4.81. The van der Waals surface area contributed by atoms with Gasteiger partial charge in [-0.15, -0.1) is 11.3 Å². The van der Waals surface area contributed by atoms with E-state index in [0.717, 1.165) is 32.6 Å². The van der Waals surface area contributed by atoms with Crippen LogP contribution in [0.3, 0.4) is 0 Å². The van der Waals surface area contributed by atoms with Gasteiger partial charge in [-0.05, 0) is 29.3 Å². The summed E-state index contributed by atoms with van der Waals surface area (Å²) >= 11 is 1.33. The van der Waals surface area contributed by atoms with E-state index in [2.05, 4.69) is 39.9 Å². The molecule has 8 nitrogen and oxygen atoms in total. The first-order chi connectivity index (χ1) is 17.5. The van der Waals surface area contributed by atoms with Gasteiger partial charge in [0, 0.05) is 23.8 Å². The lowest BCUT2D eigenvalue weighted by Gasteiger charge is -2.08. The maximum atomic E-state index is 12.3. The fourth-order valence-corrected chi connectivity index (χ4v) is 4.05. The summed E-state index contributed by atoms with van der Waals surface area (Å²) in [6.45, 7) is 0.0968. The Hall–Kier alpha value is -4.45. The molecule has 1 amide bonds. The Balaban J connectivity index is 0.000000479. The summed E-state index contributed by atoms with van der Waals surface area (Å²) in [5.41, 5.74) is 4.01. The lowest BCUT2D eigenvalue weighted by molar-refractivity contribution is -0.192. The second-order valence-corrected chi connectivity index (χ2v) is 8.56. The Morgan fingerprint density at radius 3 is 2.14 bits per heavy atom. The molecule has 4 N–H and O–H groups in total. The molecule has 0 radical (unpaired) electrons. The van der Waals surface area contributed by atoms with Gasteiger partial charge in [0.15, 0.2) is 0 Å². The number of alkyl halides is 3. The van der Waals surface area contributed by atoms with Crippen molar-refractivity contribution in [1.29, 1.82) is 0 Å². The summed E-state index contributed by atoms with van der Waals surface area (Å²) in [5, 5.41) is 22.7. The molecule has 0 fully saturated rings. The predicted octanol–water partition coefficient (Wildman–Crippen LogP) is 5.54. The van der Waals surface area contributed by atoms with Gasteiger partial charge in [-0.1, -0.05) is 42.5 Å². The van der Waals surface area contributed by atoms with Crippen LogP contribution in [0.2, 0.25) is 0 Å². The van der Waals surface area contributed by atoms with E-state index in [1.807, 2.05) is 30.3 Å². The topological polar surface area (TPSA) is 129 Å². The molecule has 0 saturated heterocycles. The molecule has 0 atom stereocenters. The number of carbonyl (C=O) groups excluding carboxylic acids is 1. The molecule has 4 aromatic rings. The average Bonchev–Trinajstić information content (AvgIpc) is 3.30. The summed E-state index contributed by atoms with van der Waals surface area (Å²) in [6, 6.07) is 20.1. The summed E-state index contributed by atoms with van der Waals surface area (Å²) < 4.78 is 32.6. The first kappa shape index (κ1) is 27.1. The molecule has 0 spiro atoms. The van der Waals surface area contributed by atoms with Crippen LogP contribution in [0, 0.1) is 0 Å². The number of hydrogen-bond donors (Lipinski definition) is 4. The van der Waals surface area contributed by atoms with Crippen molar-refractivity contribution in [3.63, 3.8) is 0 Å². The fourth-order valence-electron chi connectivity index (χ4n) is 3.07. The van der Waals surface area contributed by atoms with Crippen LogP contribution in [0.25, 0.3) is 21.2 Å². The molecule has 0 aliphatic carbocycles. The SMILES string of the molecule is O=C(O)C(F)(F)F.O=C(O)CCNC(=O)c1cc2c(Nc3ccc(-c4ccccc4)cc3)cncc2s1. The minimum atomic E-state index is -5.08. The van der Waals surface area contributed by atoms with Crippen molar-refractivity contribution in [3.8, 4) is 11.1 Å². The Kier molecular flexibility index (Phi) is 8.80. The van der Waals surface area contributed by atoms with Crippen molar-refractivity contribution in [2.45, 2.75) is 12.6 Å². The Labute approximate surface area is 212 Å². The van der Waals surface area contributed by atoms with E-state index in [0.29, 0.717) is 4.88 Å². The average molecular weight is 532 g/mol. The number of carbonyl (C=O) groups is 3. The van der Waals surface area contributed by atoms with Crippen LogP contribution in [-0.2, 0) is 9.59 Å². The molecular weight excluding hydrogens is 511 g/mol. The van der Waals surface area contributed by atoms with E-state index < -0.39 is 18.1 Å². The summed E-state index contributed by atoms with van der Waals surface area (Å²) in [6.07, 6.45) is -1.74. The number of thiophene rings is 1. The highest BCUT2D eigenvalue weighted by Crippen LogP contribution is 2.32. The maximum absolute atomic E-state index is 12.3. The number of anilines is 2. The zero-order chi connectivity index (χ0) is 27.0. The van der Waals surface area contributed by atoms with Gasteiger partial charge in [-0.2, -0.15) is 13.2 Å². The molecule has 12 heteroatoms. The van der Waals surface area contributed by atoms with Gasteiger partial charge in [-0.25, -0.2) is 4.79 Å². The maximum Gasteiger partial charge on any atom is 0.490 e. The van der Waals surface area contributed by atoms with Crippen molar-refractivity contribution in [1.82, 2.24) is 10.3 Å². The highest BCUT2D eigenvalue weighted by atomic mass is 32.1. The van der Waals surface area contributed by atoms with Crippen LogP contribution in [0.1, 0.15) is 16.1 Å². The van der Waals surface area contributed by atoms with Crippen LogP contribution < -0.4 is 10.6 Å². The number of aliphatic carboxylic acids is 2. The molecule has 2 aromatic heterocycles. The number of nitrogens with zero attached hydrogens (tertiary/aromatic N) is 1. The quantitative estimate of drug-likeness (QED) is 0.246. The van der Waals surface area contributed by atoms with Crippen molar-refractivity contribution >= 4 is 50.6 Å². The highest BCUT2D eigenvalue weighted by molar-refractivity contribution is 7.20. The number of hydrogen-bond acceptors (Lipinski definition) is 6. The van der Waals surface area contributed by atoms with Crippen LogP contribution in [0.15, 0.2) is 73.1 Å². The van der Waals surface area contributed by atoms with Gasteiger partial charge >= 0.3 is 18.1 Å². The monoisotopic (exact) mass is 531 g/mol. The fraction of sp³-hybridized carbons (Fsp3) is 0.120. The first-order valence-electron chi connectivity index (χ1n) is 10.6. The number of amides is 1. The largest absolute Gasteiger partial charge is 0.490 e. The Bertz CT molecular complexity index is 1390. The zero-order valence-corrected chi connectivity index (χ0v) is 19.8. The number of halogens is 3. The number of rotatable bonds is 7. The smallest absolute Gasteiger partial charge is 0.481 e. The van der Waals surface area contributed by atoms with Gasteiger partial charge in [0.25, 0.3) is 5.91 Å². The third kappa shape index (κ3) is 7.77. The molecule has 0 aliphatic rings. The van der Waals surface area contributed by atoms with E-state index in [9.17, 15) is 22.8 Å². The van der Waals surface area contributed by atoms with Crippen molar-refractivity contribution in [2.75, 3.05) is 11.9 Å². The van der Waals surface area contributed by atoms with Crippen molar-refractivity contribution in [2.24, 2.45) is 0 Å². The Morgan fingerprint density at radius 2 is 1.54 bits per heavy atom. The standard InChI is InChI=1S/C23H19N3O3S.C2HF3O2/c27-22(28)10-11-25-23(29)20-12-18-19(13-24-14-21(18)30-20)26-17-8-6-16(7-9-17)15-4-2-1-3-5-15;3-2(4,5)1(6)7/h1-9,12-14,26H,10-11H2,(H,25,29)(H,27,28);(H,6,7). The number of benzene rings is 2. The van der Waals surface area contributed by atoms with E-state index >= 15 is 0 Å². The van der Waals surface area contributed by atoms with Crippen molar-refractivity contribution in [3.05, 3.63) is 77.9 Å². The summed E-state index contributed by atoms with van der Waals surface area (Å²) in [7, 11) is 0. The lowest BCUT2D eigenvalue weighted by atomic mass is 10.1. The number of carboxylic acid groups (broad SMARTS) is 2. The van der Waals surface area contributed by atoms with Gasteiger partial charge in [0.05, 0.1) is 27.9 Å².